The van der Waals surface area contributed by atoms with E-state index in [9.17, 15) is 10.4 Å². The van der Waals surface area contributed by atoms with Gasteiger partial charge in [-0.3, -0.25) is 4.90 Å². The molecule has 0 bridgehead atoms. The average molecular weight is 220 g/mol. The molecule has 3 heteroatoms. The summed E-state index contributed by atoms with van der Waals surface area (Å²) in [5, 5.41) is 20.6. The zero-order valence-corrected chi connectivity index (χ0v) is 9.78. The average Bonchev–Trinajstić information content (AvgIpc) is 2.97. The lowest BCUT2D eigenvalue weighted by atomic mass is 9.67. The Morgan fingerprint density at radius 1 is 1.12 bits per heavy atom. The Bertz CT molecular complexity index is 329. The smallest absolute Gasteiger partial charge is 0.0999 e. The molecule has 2 aliphatic heterocycles. The van der Waals surface area contributed by atoms with E-state index in [1.54, 1.807) is 0 Å². The van der Waals surface area contributed by atoms with Gasteiger partial charge in [0.2, 0.25) is 0 Å². The van der Waals surface area contributed by atoms with E-state index in [0.717, 1.165) is 51.6 Å². The van der Waals surface area contributed by atoms with E-state index in [1.165, 1.54) is 6.42 Å². The van der Waals surface area contributed by atoms with Gasteiger partial charge in [-0.1, -0.05) is 12.8 Å². The third-order valence-corrected chi connectivity index (χ3v) is 5.19. The van der Waals surface area contributed by atoms with E-state index in [-0.39, 0.29) is 6.04 Å². The molecule has 1 aliphatic carbocycles. The van der Waals surface area contributed by atoms with E-state index in [4.69, 9.17) is 0 Å². The van der Waals surface area contributed by atoms with Gasteiger partial charge in [-0.2, -0.15) is 5.26 Å². The fourth-order valence-electron chi connectivity index (χ4n) is 4.29. The van der Waals surface area contributed by atoms with Gasteiger partial charge in [0, 0.05) is 12.6 Å². The van der Waals surface area contributed by atoms with E-state index in [2.05, 4.69) is 11.0 Å². The molecule has 2 heterocycles. The summed E-state index contributed by atoms with van der Waals surface area (Å²) < 4.78 is 0. The number of fused-ring (bicyclic) bond motifs is 1. The maximum Gasteiger partial charge on any atom is 0.0999 e. The number of nitrogens with zero attached hydrogens (tertiary/aromatic N) is 2. The van der Waals surface area contributed by atoms with Gasteiger partial charge in [0.25, 0.3) is 0 Å². The van der Waals surface area contributed by atoms with Gasteiger partial charge in [0.15, 0.2) is 0 Å². The summed E-state index contributed by atoms with van der Waals surface area (Å²) in [6, 6.07) is 2.76. The Balaban J connectivity index is 1.95. The molecule has 0 aromatic heterocycles. The standard InChI is InChI=1S/C13H20N2O/c14-10-12(5-1-2-6-12)13(16)7-9-15-8-3-4-11(13)15/h11,16H,1-9H2. The van der Waals surface area contributed by atoms with Crippen molar-refractivity contribution in [2.45, 2.75) is 56.6 Å². The lowest BCUT2D eigenvalue weighted by Crippen LogP contribution is -2.53. The van der Waals surface area contributed by atoms with Crippen molar-refractivity contribution in [3.63, 3.8) is 0 Å². The summed E-state index contributed by atoms with van der Waals surface area (Å²) in [4.78, 5) is 2.40. The minimum absolute atomic E-state index is 0.269. The van der Waals surface area contributed by atoms with Crippen LogP contribution >= 0.6 is 0 Å². The predicted octanol–water partition coefficient (Wildman–Crippen LogP) is 1.67. The first kappa shape index (κ1) is 10.6. The maximum atomic E-state index is 11.0. The fraction of sp³-hybridized carbons (Fsp3) is 0.923. The van der Waals surface area contributed by atoms with Crippen LogP contribution in [0.25, 0.3) is 0 Å². The molecule has 0 spiro atoms. The second kappa shape index (κ2) is 3.45. The molecule has 0 radical (unpaired) electrons. The molecule has 3 rings (SSSR count). The van der Waals surface area contributed by atoms with E-state index in [1.807, 2.05) is 0 Å². The fourth-order valence-corrected chi connectivity index (χ4v) is 4.29. The highest BCUT2D eigenvalue weighted by Crippen LogP contribution is 2.54. The first-order chi connectivity index (χ1) is 7.72. The van der Waals surface area contributed by atoms with Gasteiger partial charge in [-0.05, 0) is 38.6 Å². The van der Waals surface area contributed by atoms with Crippen molar-refractivity contribution in [3.8, 4) is 6.07 Å². The summed E-state index contributed by atoms with van der Waals surface area (Å²) >= 11 is 0. The molecule has 16 heavy (non-hydrogen) atoms. The maximum absolute atomic E-state index is 11.0. The van der Waals surface area contributed by atoms with E-state index < -0.39 is 11.0 Å². The molecular weight excluding hydrogens is 200 g/mol. The summed E-state index contributed by atoms with van der Waals surface area (Å²) in [5.74, 6) is 0. The van der Waals surface area contributed by atoms with Crippen molar-refractivity contribution < 1.29 is 5.11 Å². The summed E-state index contributed by atoms with van der Waals surface area (Å²) in [7, 11) is 0. The van der Waals surface area contributed by atoms with Crippen LogP contribution in [0.3, 0.4) is 0 Å². The zero-order chi connectivity index (χ0) is 11.2. The van der Waals surface area contributed by atoms with E-state index in [0.29, 0.717) is 0 Å². The van der Waals surface area contributed by atoms with Crippen LogP contribution in [0.1, 0.15) is 44.9 Å². The van der Waals surface area contributed by atoms with Gasteiger partial charge < -0.3 is 5.11 Å². The highest BCUT2D eigenvalue weighted by atomic mass is 16.3. The number of hydrogen-bond acceptors (Lipinski definition) is 3. The molecule has 2 unspecified atom stereocenters. The van der Waals surface area contributed by atoms with Crippen LogP contribution in [0.2, 0.25) is 0 Å². The third kappa shape index (κ3) is 1.15. The number of aliphatic hydroxyl groups is 1. The van der Waals surface area contributed by atoms with Gasteiger partial charge >= 0.3 is 0 Å². The van der Waals surface area contributed by atoms with Crippen LogP contribution < -0.4 is 0 Å². The first-order valence-corrected chi connectivity index (χ1v) is 6.60. The van der Waals surface area contributed by atoms with Gasteiger partial charge in [0.1, 0.15) is 0 Å². The Morgan fingerprint density at radius 3 is 2.56 bits per heavy atom. The van der Waals surface area contributed by atoms with Crippen molar-refractivity contribution in [2.24, 2.45) is 5.41 Å². The lowest BCUT2D eigenvalue weighted by molar-refractivity contribution is -0.0713. The minimum atomic E-state index is -0.714. The second-order valence-electron chi connectivity index (χ2n) is 5.77. The van der Waals surface area contributed by atoms with Crippen LogP contribution in [0.5, 0.6) is 0 Å². The van der Waals surface area contributed by atoms with Crippen LogP contribution in [0.4, 0.5) is 0 Å². The Kier molecular flexibility index (Phi) is 2.28. The Morgan fingerprint density at radius 2 is 1.88 bits per heavy atom. The molecule has 3 aliphatic rings. The highest BCUT2D eigenvalue weighted by Gasteiger charge is 2.61. The quantitative estimate of drug-likeness (QED) is 0.731. The topological polar surface area (TPSA) is 47.3 Å². The van der Waals surface area contributed by atoms with Crippen molar-refractivity contribution in [2.75, 3.05) is 13.1 Å². The molecule has 0 amide bonds. The second-order valence-corrected chi connectivity index (χ2v) is 5.77. The monoisotopic (exact) mass is 220 g/mol. The number of nitriles is 1. The molecule has 1 N–H and O–H groups in total. The molecule has 0 aromatic rings. The van der Waals surface area contributed by atoms with Crippen molar-refractivity contribution in [1.82, 2.24) is 4.90 Å². The van der Waals surface area contributed by atoms with Gasteiger partial charge in [-0.15, -0.1) is 0 Å². The Labute approximate surface area is 97.0 Å². The number of hydrogen-bond donors (Lipinski definition) is 1. The molecule has 0 aromatic carbocycles. The van der Waals surface area contributed by atoms with Crippen LogP contribution in [-0.4, -0.2) is 34.7 Å². The molecule has 88 valence electrons. The Hall–Kier alpha value is -0.590. The highest BCUT2D eigenvalue weighted by molar-refractivity contribution is 5.20. The lowest BCUT2D eigenvalue weighted by Gasteiger charge is -2.41. The molecule has 3 fully saturated rings. The van der Waals surface area contributed by atoms with Crippen molar-refractivity contribution in [3.05, 3.63) is 0 Å². The minimum Gasteiger partial charge on any atom is -0.387 e. The largest absolute Gasteiger partial charge is 0.387 e. The molecular formula is C13H20N2O. The zero-order valence-electron chi connectivity index (χ0n) is 9.78. The van der Waals surface area contributed by atoms with Crippen LogP contribution in [0.15, 0.2) is 0 Å². The van der Waals surface area contributed by atoms with Crippen molar-refractivity contribution in [1.29, 1.82) is 5.26 Å². The van der Waals surface area contributed by atoms with Crippen LogP contribution in [0, 0.1) is 16.7 Å². The van der Waals surface area contributed by atoms with Crippen LogP contribution in [-0.2, 0) is 0 Å². The first-order valence-electron chi connectivity index (χ1n) is 6.60. The van der Waals surface area contributed by atoms with E-state index >= 15 is 0 Å². The normalized spacial score (nSPS) is 42.1. The molecule has 1 saturated carbocycles. The molecule has 2 saturated heterocycles. The summed E-state index contributed by atoms with van der Waals surface area (Å²) in [6.07, 6.45) is 7.12. The third-order valence-electron chi connectivity index (χ3n) is 5.19. The predicted molar refractivity (Wildman–Crippen MR) is 60.7 cm³/mol. The SMILES string of the molecule is N#CC1(C2(O)CCN3CCCC32)CCCC1. The summed E-state index contributed by atoms with van der Waals surface area (Å²) in [6.45, 7) is 2.11. The van der Waals surface area contributed by atoms with Crippen molar-refractivity contribution >= 4 is 0 Å². The molecule has 2 atom stereocenters. The summed E-state index contributed by atoms with van der Waals surface area (Å²) in [5.41, 5.74) is -1.15. The molecule has 3 nitrogen and oxygen atoms in total. The number of rotatable bonds is 1. The van der Waals surface area contributed by atoms with Gasteiger partial charge in [-0.25, -0.2) is 0 Å². The van der Waals surface area contributed by atoms with Gasteiger partial charge in [0.05, 0.1) is 17.1 Å².